The van der Waals surface area contributed by atoms with Crippen LogP contribution in [0.1, 0.15) is 5.56 Å². The van der Waals surface area contributed by atoms with E-state index in [0.29, 0.717) is 18.1 Å². The lowest BCUT2D eigenvalue weighted by Crippen LogP contribution is -2.23. The fourth-order valence-electron chi connectivity index (χ4n) is 2.15. The zero-order chi connectivity index (χ0) is 15.9. The number of pyridine rings is 1. The van der Waals surface area contributed by atoms with Gasteiger partial charge < -0.3 is 9.84 Å². The SMILES string of the molecule is OC(COCc1ccccc1)Cn1nnnc1-c1ccccn1. The quantitative estimate of drug-likeness (QED) is 0.708. The maximum atomic E-state index is 10.1. The Morgan fingerprint density at radius 3 is 2.70 bits per heavy atom. The van der Waals surface area contributed by atoms with Crippen LogP contribution in [0.25, 0.3) is 11.5 Å². The molecule has 0 saturated carbocycles. The summed E-state index contributed by atoms with van der Waals surface area (Å²) in [6.07, 6.45) is 0.970. The minimum Gasteiger partial charge on any atom is -0.389 e. The molecule has 2 aromatic heterocycles. The van der Waals surface area contributed by atoms with Crippen LogP contribution < -0.4 is 0 Å². The van der Waals surface area contributed by atoms with E-state index in [1.54, 1.807) is 6.20 Å². The van der Waals surface area contributed by atoms with Crippen LogP contribution in [0.5, 0.6) is 0 Å². The minimum absolute atomic E-state index is 0.205. The van der Waals surface area contributed by atoms with Crippen molar-refractivity contribution in [3.8, 4) is 11.5 Å². The van der Waals surface area contributed by atoms with E-state index in [4.69, 9.17) is 4.74 Å². The summed E-state index contributed by atoms with van der Waals surface area (Å²) in [6, 6.07) is 15.3. The molecule has 0 aliphatic rings. The Morgan fingerprint density at radius 2 is 1.91 bits per heavy atom. The van der Waals surface area contributed by atoms with Gasteiger partial charge in [-0.2, -0.15) is 0 Å². The van der Waals surface area contributed by atoms with Gasteiger partial charge in [-0.1, -0.05) is 36.4 Å². The number of aromatic nitrogens is 5. The second-order valence-corrected chi connectivity index (χ2v) is 5.05. The van der Waals surface area contributed by atoms with Crippen LogP contribution in [0.15, 0.2) is 54.7 Å². The average molecular weight is 311 g/mol. The van der Waals surface area contributed by atoms with Gasteiger partial charge in [0.25, 0.3) is 0 Å². The van der Waals surface area contributed by atoms with Gasteiger partial charge in [0.05, 0.1) is 25.9 Å². The van der Waals surface area contributed by atoms with Crippen molar-refractivity contribution in [1.29, 1.82) is 0 Å². The molecule has 23 heavy (non-hydrogen) atoms. The Hall–Kier alpha value is -2.64. The maximum Gasteiger partial charge on any atom is 0.200 e. The van der Waals surface area contributed by atoms with Gasteiger partial charge in [0, 0.05) is 6.20 Å². The number of aliphatic hydroxyl groups excluding tert-OH is 1. The van der Waals surface area contributed by atoms with Crippen LogP contribution in [0.3, 0.4) is 0 Å². The molecule has 1 atom stereocenters. The van der Waals surface area contributed by atoms with Crippen molar-refractivity contribution in [2.24, 2.45) is 0 Å². The van der Waals surface area contributed by atoms with E-state index in [-0.39, 0.29) is 13.2 Å². The van der Waals surface area contributed by atoms with E-state index in [9.17, 15) is 5.11 Å². The van der Waals surface area contributed by atoms with Crippen LogP contribution in [0.2, 0.25) is 0 Å². The lowest BCUT2D eigenvalue weighted by Gasteiger charge is -2.12. The van der Waals surface area contributed by atoms with Crippen molar-refractivity contribution < 1.29 is 9.84 Å². The number of rotatable bonds is 7. The van der Waals surface area contributed by atoms with E-state index >= 15 is 0 Å². The van der Waals surface area contributed by atoms with Crippen LogP contribution in [0, 0.1) is 0 Å². The Balaban J connectivity index is 1.54. The van der Waals surface area contributed by atoms with Gasteiger partial charge in [0.2, 0.25) is 5.82 Å². The van der Waals surface area contributed by atoms with Gasteiger partial charge in [0.15, 0.2) is 0 Å². The van der Waals surface area contributed by atoms with E-state index in [2.05, 4.69) is 20.5 Å². The molecule has 0 fully saturated rings. The molecule has 7 nitrogen and oxygen atoms in total. The van der Waals surface area contributed by atoms with Crippen molar-refractivity contribution in [3.63, 3.8) is 0 Å². The summed E-state index contributed by atoms with van der Waals surface area (Å²) >= 11 is 0. The molecule has 1 aromatic carbocycles. The third-order valence-corrected chi connectivity index (χ3v) is 3.23. The summed E-state index contributed by atoms with van der Waals surface area (Å²) in [5.41, 5.74) is 1.73. The van der Waals surface area contributed by atoms with E-state index in [0.717, 1.165) is 5.56 Å². The first-order valence-corrected chi connectivity index (χ1v) is 7.30. The Bertz CT molecular complexity index is 718. The van der Waals surface area contributed by atoms with Gasteiger partial charge in [-0.15, -0.1) is 5.10 Å². The summed E-state index contributed by atoms with van der Waals surface area (Å²) in [4.78, 5) is 4.21. The molecule has 3 aromatic rings. The summed E-state index contributed by atoms with van der Waals surface area (Å²) in [6.45, 7) is 0.907. The molecule has 3 rings (SSSR count). The molecule has 1 N–H and O–H groups in total. The molecule has 7 heteroatoms. The summed E-state index contributed by atoms with van der Waals surface area (Å²) in [5, 5.41) is 21.6. The molecular formula is C16H17N5O2. The van der Waals surface area contributed by atoms with Gasteiger partial charge >= 0.3 is 0 Å². The van der Waals surface area contributed by atoms with Crippen LogP contribution in [-0.4, -0.2) is 43.0 Å². The van der Waals surface area contributed by atoms with E-state index in [1.165, 1.54) is 4.68 Å². The predicted octanol–water partition coefficient (Wildman–Crippen LogP) is 1.31. The zero-order valence-corrected chi connectivity index (χ0v) is 12.5. The first kappa shape index (κ1) is 15.3. The minimum atomic E-state index is -0.704. The third kappa shape index (κ3) is 4.18. The lowest BCUT2D eigenvalue weighted by atomic mass is 10.2. The first-order chi connectivity index (χ1) is 11.3. The maximum absolute atomic E-state index is 10.1. The highest BCUT2D eigenvalue weighted by atomic mass is 16.5. The van der Waals surface area contributed by atoms with Crippen molar-refractivity contribution >= 4 is 0 Å². The third-order valence-electron chi connectivity index (χ3n) is 3.23. The lowest BCUT2D eigenvalue weighted by molar-refractivity contribution is 0.0187. The van der Waals surface area contributed by atoms with Crippen molar-refractivity contribution in [3.05, 3.63) is 60.3 Å². The molecule has 0 radical (unpaired) electrons. The van der Waals surface area contributed by atoms with Gasteiger partial charge in [-0.3, -0.25) is 4.98 Å². The summed E-state index contributed by atoms with van der Waals surface area (Å²) in [7, 11) is 0. The number of aliphatic hydroxyl groups is 1. The van der Waals surface area contributed by atoms with Crippen molar-refractivity contribution in [2.45, 2.75) is 19.3 Å². The first-order valence-electron chi connectivity index (χ1n) is 7.30. The summed E-state index contributed by atoms with van der Waals surface area (Å²) < 4.78 is 7.05. The fraction of sp³-hybridized carbons (Fsp3) is 0.250. The second kappa shape index (κ2) is 7.57. The molecule has 1 unspecified atom stereocenters. The standard InChI is InChI=1S/C16H17N5O2/c22-14(12-23-11-13-6-2-1-3-7-13)10-21-16(18-19-20-21)15-8-4-5-9-17-15/h1-9,14,22H,10-12H2. The normalized spacial score (nSPS) is 12.2. The van der Waals surface area contributed by atoms with E-state index in [1.807, 2.05) is 48.5 Å². The molecule has 2 heterocycles. The van der Waals surface area contributed by atoms with Gasteiger partial charge in [0.1, 0.15) is 5.69 Å². The van der Waals surface area contributed by atoms with Crippen molar-refractivity contribution in [1.82, 2.24) is 25.2 Å². The number of hydrogen-bond acceptors (Lipinski definition) is 6. The Kier molecular flexibility index (Phi) is 5.02. The van der Waals surface area contributed by atoms with Gasteiger partial charge in [-0.25, -0.2) is 4.68 Å². The highest BCUT2D eigenvalue weighted by molar-refractivity contribution is 5.47. The van der Waals surface area contributed by atoms with E-state index < -0.39 is 6.10 Å². The van der Waals surface area contributed by atoms with Crippen molar-refractivity contribution in [2.75, 3.05) is 6.61 Å². The molecular weight excluding hydrogens is 294 g/mol. The number of ether oxygens (including phenoxy) is 1. The molecule has 118 valence electrons. The molecule has 0 spiro atoms. The Labute approximate surface area is 133 Å². The van der Waals surface area contributed by atoms with Crippen LogP contribution in [-0.2, 0) is 17.9 Å². The molecule has 0 amide bonds. The fourth-order valence-corrected chi connectivity index (χ4v) is 2.15. The highest BCUT2D eigenvalue weighted by Crippen LogP contribution is 2.12. The number of benzene rings is 1. The molecule has 0 aliphatic heterocycles. The molecule has 0 saturated heterocycles. The van der Waals surface area contributed by atoms with Gasteiger partial charge in [-0.05, 0) is 28.1 Å². The highest BCUT2D eigenvalue weighted by Gasteiger charge is 2.14. The molecule has 0 aliphatic carbocycles. The topological polar surface area (TPSA) is 86.0 Å². The van der Waals surface area contributed by atoms with Crippen LogP contribution in [0.4, 0.5) is 0 Å². The number of nitrogens with zero attached hydrogens (tertiary/aromatic N) is 5. The molecule has 0 bridgehead atoms. The smallest absolute Gasteiger partial charge is 0.200 e. The monoisotopic (exact) mass is 311 g/mol. The van der Waals surface area contributed by atoms with Crippen LogP contribution >= 0.6 is 0 Å². The average Bonchev–Trinajstić information content (AvgIpc) is 3.05. The number of tetrazole rings is 1. The summed E-state index contributed by atoms with van der Waals surface area (Å²) in [5.74, 6) is 0.521. The second-order valence-electron chi connectivity index (χ2n) is 5.05. The number of hydrogen-bond donors (Lipinski definition) is 1. The zero-order valence-electron chi connectivity index (χ0n) is 12.5. The largest absolute Gasteiger partial charge is 0.389 e. The Morgan fingerprint density at radius 1 is 1.09 bits per heavy atom. The predicted molar refractivity (Wildman–Crippen MR) is 83.2 cm³/mol.